The Kier molecular flexibility index (Phi) is 9.08. The zero-order valence-electron chi connectivity index (χ0n) is 35.5. The van der Waals surface area contributed by atoms with E-state index in [0.29, 0.717) is 11.6 Å². The first-order valence-corrected chi connectivity index (χ1v) is 20.5. The molecule has 0 unspecified atom stereocenters. The van der Waals surface area contributed by atoms with E-state index in [4.69, 9.17) is 14.7 Å². The summed E-state index contributed by atoms with van der Waals surface area (Å²) in [5, 5.41) is 2.29. The van der Waals surface area contributed by atoms with Gasteiger partial charge >= 0.3 is 0 Å². The second kappa shape index (κ2) is 14.1. The van der Waals surface area contributed by atoms with Crippen molar-refractivity contribution in [2.75, 3.05) is 0 Å². The molecule has 0 saturated heterocycles. The lowest BCUT2D eigenvalue weighted by molar-refractivity contribution is -0.572. The highest BCUT2D eigenvalue weighted by Gasteiger charge is 2.24. The van der Waals surface area contributed by atoms with Crippen LogP contribution in [0.4, 0.5) is 0 Å². The van der Waals surface area contributed by atoms with Crippen LogP contribution in [0.2, 0.25) is 0 Å². The third-order valence-corrected chi connectivity index (χ3v) is 11.3. The average molecular weight is 774 g/mol. The minimum absolute atomic E-state index is 0.0227. The van der Waals surface area contributed by atoms with Crippen LogP contribution in [0.5, 0.6) is 11.5 Å². The molecule has 0 saturated carbocycles. The van der Waals surface area contributed by atoms with Gasteiger partial charge < -0.3 is 4.74 Å². The van der Waals surface area contributed by atoms with Crippen LogP contribution in [0.15, 0.2) is 146 Å². The standard InChI is InChI=1S/C53H51N5O/c1-51(2,3)36-23-25-55-50(30-36)58-44-20-14-13-19-41(44)43-32-42(35-17-11-10-12-18-35)48(33-47(43)58)59-40-24-26-54-49(31-40)57-34-56(45-21-15-16-22-46(45)57)39-28-37(52(4,5)6)27-38(29-39)53(7,8)9/h10-33H,1-9H3. The highest BCUT2D eigenvalue weighted by Crippen LogP contribution is 2.42. The molecule has 294 valence electrons. The summed E-state index contributed by atoms with van der Waals surface area (Å²) in [5.74, 6) is 2.99. The van der Waals surface area contributed by atoms with Crippen molar-refractivity contribution >= 4 is 32.8 Å². The number of imidazole rings is 1. The maximum Gasteiger partial charge on any atom is 0.271 e. The summed E-state index contributed by atoms with van der Waals surface area (Å²) in [6.07, 6.45) is 7.43. The summed E-state index contributed by atoms with van der Waals surface area (Å²) in [5.41, 5.74) is 11.0. The lowest BCUT2D eigenvalue weighted by Gasteiger charge is -2.26. The average Bonchev–Trinajstić information content (AvgIpc) is 3.76. The molecule has 9 rings (SSSR count). The zero-order chi connectivity index (χ0) is 41.3. The van der Waals surface area contributed by atoms with E-state index in [9.17, 15) is 0 Å². The van der Waals surface area contributed by atoms with Crippen LogP contribution in [0.3, 0.4) is 0 Å². The number of fused-ring (bicyclic) bond motifs is 4. The molecule has 0 amide bonds. The van der Waals surface area contributed by atoms with Gasteiger partial charge in [0, 0.05) is 40.9 Å². The fourth-order valence-electron chi connectivity index (χ4n) is 7.92. The van der Waals surface area contributed by atoms with Crippen LogP contribution in [0.1, 0.15) is 79.0 Å². The van der Waals surface area contributed by atoms with E-state index in [0.717, 1.165) is 61.2 Å². The molecule has 0 radical (unpaired) electrons. The van der Waals surface area contributed by atoms with Gasteiger partial charge in [-0.15, -0.1) is 0 Å². The summed E-state index contributed by atoms with van der Waals surface area (Å²) in [4.78, 5) is 9.81. The summed E-state index contributed by atoms with van der Waals surface area (Å²) >= 11 is 0. The molecule has 9 aromatic rings. The Morgan fingerprint density at radius 3 is 1.86 bits per heavy atom. The van der Waals surface area contributed by atoms with E-state index >= 15 is 0 Å². The molecule has 5 aromatic carbocycles. The molecular weight excluding hydrogens is 723 g/mol. The molecule has 6 heteroatoms. The molecule has 0 bridgehead atoms. The Balaban J connectivity index is 1.20. The molecule has 0 N–H and O–H groups in total. The van der Waals surface area contributed by atoms with Crippen molar-refractivity contribution in [3.63, 3.8) is 0 Å². The molecule has 0 aliphatic rings. The Morgan fingerprint density at radius 2 is 1.15 bits per heavy atom. The van der Waals surface area contributed by atoms with Gasteiger partial charge in [0.25, 0.3) is 6.33 Å². The van der Waals surface area contributed by atoms with Crippen molar-refractivity contribution in [3.8, 4) is 39.9 Å². The first-order valence-electron chi connectivity index (χ1n) is 20.5. The van der Waals surface area contributed by atoms with Crippen LogP contribution in [0, 0.1) is 6.33 Å². The van der Waals surface area contributed by atoms with Crippen LogP contribution < -0.4 is 9.30 Å². The van der Waals surface area contributed by atoms with Gasteiger partial charge in [-0.2, -0.15) is 0 Å². The third-order valence-electron chi connectivity index (χ3n) is 11.3. The summed E-state index contributed by atoms with van der Waals surface area (Å²) < 4.78 is 13.5. The second-order valence-electron chi connectivity index (χ2n) is 18.7. The molecule has 0 atom stereocenters. The minimum atomic E-state index is -0.0299. The number of nitrogens with zero attached hydrogens (tertiary/aromatic N) is 5. The SMILES string of the molecule is CC(C)(C)c1cc(-[n+]2[c-]n(-c3cc(Oc4cc5c(cc4-c4ccccc4)c4ccccc4n5-c4cc(C(C)(C)C)ccn4)ccn3)c3ccccc32)cc(C(C)(C)C)c1. The number of rotatable bonds is 6. The molecule has 0 aliphatic carbocycles. The number of hydrogen-bond donors (Lipinski definition) is 0. The van der Waals surface area contributed by atoms with E-state index in [1.165, 1.54) is 16.7 Å². The number of hydrogen-bond acceptors (Lipinski definition) is 3. The summed E-state index contributed by atoms with van der Waals surface area (Å²) in [7, 11) is 0. The molecule has 59 heavy (non-hydrogen) atoms. The summed E-state index contributed by atoms with van der Waals surface area (Å²) in [6.45, 7) is 20.3. The highest BCUT2D eigenvalue weighted by atomic mass is 16.5. The number of ether oxygens (including phenoxy) is 1. The van der Waals surface area contributed by atoms with Crippen LogP contribution in [-0.2, 0) is 16.2 Å². The molecule has 0 aliphatic heterocycles. The van der Waals surface area contributed by atoms with Crippen molar-refractivity contribution < 1.29 is 9.30 Å². The van der Waals surface area contributed by atoms with Crippen LogP contribution in [0.25, 0.3) is 61.3 Å². The van der Waals surface area contributed by atoms with Crippen LogP contribution >= 0.6 is 0 Å². The number of para-hydroxylation sites is 3. The van der Waals surface area contributed by atoms with Crippen LogP contribution in [-0.4, -0.2) is 19.1 Å². The van der Waals surface area contributed by atoms with Gasteiger partial charge in [-0.1, -0.05) is 141 Å². The Morgan fingerprint density at radius 1 is 0.525 bits per heavy atom. The van der Waals surface area contributed by atoms with Gasteiger partial charge in [0.05, 0.1) is 27.8 Å². The van der Waals surface area contributed by atoms with Crippen molar-refractivity contribution in [2.45, 2.75) is 78.6 Å². The first kappa shape index (κ1) is 38.0. The Hall–Kier alpha value is -6.53. The molecule has 0 fully saturated rings. The first-order chi connectivity index (χ1) is 28.1. The van der Waals surface area contributed by atoms with Gasteiger partial charge in [-0.25, -0.2) is 4.98 Å². The van der Waals surface area contributed by atoms with Gasteiger partial charge in [0.2, 0.25) is 0 Å². The van der Waals surface area contributed by atoms with E-state index in [1.807, 2.05) is 35.2 Å². The van der Waals surface area contributed by atoms with E-state index in [-0.39, 0.29) is 16.2 Å². The van der Waals surface area contributed by atoms with Gasteiger partial charge in [0.15, 0.2) is 5.82 Å². The fourth-order valence-corrected chi connectivity index (χ4v) is 7.92. The molecule has 4 heterocycles. The summed E-state index contributed by atoms with van der Waals surface area (Å²) in [6, 6.07) is 47.1. The zero-order valence-corrected chi connectivity index (χ0v) is 35.5. The smallest absolute Gasteiger partial charge is 0.271 e. The van der Waals surface area contributed by atoms with E-state index < -0.39 is 0 Å². The third kappa shape index (κ3) is 7.07. The lowest BCUT2D eigenvalue weighted by atomic mass is 9.80. The van der Waals surface area contributed by atoms with Crippen molar-refractivity contribution in [1.29, 1.82) is 0 Å². The highest BCUT2D eigenvalue weighted by molar-refractivity contribution is 6.11. The fraction of sp³-hybridized carbons (Fsp3) is 0.226. The Labute approximate surface area is 347 Å². The van der Waals surface area contributed by atoms with Crippen molar-refractivity contribution in [2.24, 2.45) is 0 Å². The number of benzene rings is 5. The maximum atomic E-state index is 7.00. The number of pyridine rings is 2. The molecule has 6 nitrogen and oxygen atoms in total. The maximum absolute atomic E-state index is 7.00. The lowest BCUT2D eigenvalue weighted by Crippen LogP contribution is -2.31. The normalized spacial score (nSPS) is 12.5. The monoisotopic (exact) mass is 773 g/mol. The Bertz CT molecular complexity index is 2990. The quantitative estimate of drug-likeness (QED) is 0.125. The topological polar surface area (TPSA) is 48.8 Å². The predicted molar refractivity (Wildman–Crippen MR) is 242 cm³/mol. The predicted octanol–water partition coefficient (Wildman–Crippen LogP) is 12.9. The second-order valence-corrected chi connectivity index (χ2v) is 18.7. The number of aromatic nitrogens is 5. The molecular formula is C53H51N5O. The van der Waals surface area contributed by atoms with E-state index in [2.05, 4.69) is 193 Å². The van der Waals surface area contributed by atoms with Crippen molar-refractivity contribution in [3.05, 3.63) is 169 Å². The van der Waals surface area contributed by atoms with Gasteiger partial charge in [0.1, 0.15) is 17.3 Å². The van der Waals surface area contributed by atoms with E-state index in [1.54, 1.807) is 0 Å². The van der Waals surface area contributed by atoms with Gasteiger partial charge in [-0.3, -0.25) is 18.7 Å². The molecule has 4 aromatic heterocycles. The van der Waals surface area contributed by atoms with Crippen molar-refractivity contribution in [1.82, 2.24) is 19.1 Å². The molecule has 0 spiro atoms. The van der Waals surface area contributed by atoms with Gasteiger partial charge in [-0.05, 0) is 81.0 Å². The largest absolute Gasteiger partial charge is 0.457 e. The minimum Gasteiger partial charge on any atom is -0.457 e.